The highest BCUT2D eigenvalue weighted by atomic mass is 35.5. The Morgan fingerprint density at radius 1 is 1.15 bits per heavy atom. The summed E-state index contributed by atoms with van der Waals surface area (Å²) in [5.41, 5.74) is 1.83. The fourth-order valence-electron chi connectivity index (χ4n) is 2.56. The molecule has 0 bridgehead atoms. The Kier molecular flexibility index (Phi) is 6.33. The van der Waals surface area contributed by atoms with Gasteiger partial charge >= 0.3 is 0 Å². The SMILES string of the molecule is CC(C)c1ccc(SCC(=O)Nc2cc3c(cc2Cl)OCCCO3)cc1. The number of anilines is 1. The molecule has 1 aliphatic rings. The van der Waals surface area contributed by atoms with Crippen LogP contribution >= 0.6 is 23.4 Å². The van der Waals surface area contributed by atoms with Gasteiger partial charge in [-0.1, -0.05) is 37.6 Å². The molecular formula is C20H22ClNO3S. The topological polar surface area (TPSA) is 47.6 Å². The molecule has 1 aliphatic heterocycles. The molecule has 2 aromatic rings. The third kappa shape index (κ3) is 4.86. The minimum Gasteiger partial charge on any atom is -0.490 e. The molecule has 1 N–H and O–H groups in total. The minimum atomic E-state index is -0.112. The Labute approximate surface area is 163 Å². The normalized spacial score (nSPS) is 13.4. The number of carbonyl (C=O) groups is 1. The second-order valence-electron chi connectivity index (χ2n) is 6.39. The number of hydrogen-bond donors (Lipinski definition) is 1. The summed E-state index contributed by atoms with van der Waals surface area (Å²) in [4.78, 5) is 13.4. The molecule has 1 amide bonds. The Balaban J connectivity index is 1.60. The number of nitrogens with one attached hydrogen (secondary N) is 1. The highest BCUT2D eigenvalue weighted by Crippen LogP contribution is 2.37. The monoisotopic (exact) mass is 391 g/mol. The minimum absolute atomic E-state index is 0.112. The average Bonchev–Trinajstić information content (AvgIpc) is 2.85. The van der Waals surface area contributed by atoms with Crippen molar-refractivity contribution in [1.82, 2.24) is 0 Å². The Bertz CT molecular complexity index is 777. The number of thioether (sulfide) groups is 1. The lowest BCUT2D eigenvalue weighted by molar-refractivity contribution is -0.113. The van der Waals surface area contributed by atoms with Gasteiger partial charge in [0.25, 0.3) is 0 Å². The summed E-state index contributed by atoms with van der Waals surface area (Å²) in [5, 5.41) is 3.29. The van der Waals surface area contributed by atoms with Crippen molar-refractivity contribution in [2.24, 2.45) is 0 Å². The molecular weight excluding hydrogens is 370 g/mol. The third-order valence-electron chi connectivity index (χ3n) is 4.03. The number of hydrogen-bond acceptors (Lipinski definition) is 4. The molecule has 3 rings (SSSR count). The number of benzene rings is 2. The predicted octanol–water partition coefficient (Wildman–Crippen LogP) is 5.36. The van der Waals surface area contributed by atoms with Crippen molar-refractivity contribution < 1.29 is 14.3 Å². The maximum absolute atomic E-state index is 12.3. The fourth-order valence-corrected chi connectivity index (χ4v) is 3.46. The highest BCUT2D eigenvalue weighted by Gasteiger charge is 2.15. The van der Waals surface area contributed by atoms with E-state index in [1.165, 1.54) is 17.3 Å². The van der Waals surface area contributed by atoms with Gasteiger partial charge < -0.3 is 14.8 Å². The van der Waals surface area contributed by atoms with E-state index in [4.69, 9.17) is 21.1 Å². The van der Waals surface area contributed by atoms with Crippen LogP contribution in [0.2, 0.25) is 5.02 Å². The smallest absolute Gasteiger partial charge is 0.234 e. The van der Waals surface area contributed by atoms with E-state index in [0.717, 1.165) is 11.3 Å². The quantitative estimate of drug-likeness (QED) is 0.697. The molecule has 0 atom stereocenters. The van der Waals surface area contributed by atoms with E-state index < -0.39 is 0 Å². The van der Waals surface area contributed by atoms with Gasteiger partial charge in [-0.25, -0.2) is 0 Å². The summed E-state index contributed by atoms with van der Waals surface area (Å²) in [7, 11) is 0. The second-order valence-corrected chi connectivity index (χ2v) is 7.85. The van der Waals surface area contributed by atoms with Gasteiger partial charge in [0.05, 0.1) is 29.7 Å². The Morgan fingerprint density at radius 3 is 2.46 bits per heavy atom. The van der Waals surface area contributed by atoms with E-state index >= 15 is 0 Å². The van der Waals surface area contributed by atoms with Crippen LogP contribution in [-0.4, -0.2) is 24.9 Å². The van der Waals surface area contributed by atoms with E-state index in [-0.39, 0.29) is 5.91 Å². The molecule has 0 saturated heterocycles. The summed E-state index contributed by atoms with van der Waals surface area (Å²) in [6, 6.07) is 11.7. The fraction of sp³-hybridized carbons (Fsp3) is 0.350. The van der Waals surface area contributed by atoms with Crippen molar-refractivity contribution in [2.45, 2.75) is 31.1 Å². The van der Waals surface area contributed by atoms with Crippen molar-refractivity contribution in [3.05, 3.63) is 47.0 Å². The lowest BCUT2D eigenvalue weighted by Gasteiger charge is -2.12. The van der Waals surface area contributed by atoms with Crippen molar-refractivity contribution >= 4 is 35.0 Å². The van der Waals surface area contributed by atoms with Crippen LogP contribution in [0.3, 0.4) is 0 Å². The van der Waals surface area contributed by atoms with Gasteiger partial charge in [0.1, 0.15) is 0 Å². The van der Waals surface area contributed by atoms with Crippen LogP contribution in [0.4, 0.5) is 5.69 Å². The van der Waals surface area contributed by atoms with Gasteiger partial charge in [0, 0.05) is 23.4 Å². The van der Waals surface area contributed by atoms with Gasteiger partial charge in [-0.2, -0.15) is 0 Å². The predicted molar refractivity (Wildman–Crippen MR) is 107 cm³/mol. The third-order valence-corrected chi connectivity index (χ3v) is 5.35. The van der Waals surface area contributed by atoms with Crippen molar-refractivity contribution in [3.8, 4) is 11.5 Å². The molecule has 0 aliphatic carbocycles. The van der Waals surface area contributed by atoms with Crippen LogP contribution < -0.4 is 14.8 Å². The van der Waals surface area contributed by atoms with E-state index in [1.54, 1.807) is 12.1 Å². The molecule has 0 radical (unpaired) electrons. The zero-order valence-electron chi connectivity index (χ0n) is 14.9. The number of carbonyl (C=O) groups excluding carboxylic acids is 1. The maximum Gasteiger partial charge on any atom is 0.234 e. The molecule has 0 unspecified atom stereocenters. The van der Waals surface area contributed by atoms with Crippen molar-refractivity contribution in [2.75, 3.05) is 24.3 Å². The lowest BCUT2D eigenvalue weighted by Crippen LogP contribution is -2.14. The summed E-state index contributed by atoms with van der Waals surface area (Å²) in [5.74, 6) is 1.92. The molecule has 2 aromatic carbocycles. The largest absolute Gasteiger partial charge is 0.490 e. The zero-order chi connectivity index (χ0) is 18.5. The summed E-state index contributed by atoms with van der Waals surface area (Å²) in [6.45, 7) is 5.51. The van der Waals surface area contributed by atoms with E-state index in [0.29, 0.717) is 47.1 Å². The van der Waals surface area contributed by atoms with Crippen molar-refractivity contribution in [3.63, 3.8) is 0 Å². The maximum atomic E-state index is 12.3. The van der Waals surface area contributed by atoms with Crippen LogP contribution in [0.25, 0.3) is 0 Å². The first-order chi connectivity index (χ1) is 12.5. The van der Waals surface area contributed by atoms with Crippen LogP contribution in [0, 0.1) is 0 Å². The first-order valence-corrected chi connectivity index (χ1v) is 10.0. The van der Waals surface area contributed by atoms with Gasteiger partial charge in [-0.3, -0.25) is 4.79 Å². The van der Waals surface area contributed by atoms with Crippen molar-refractivity contribution in [1.29, 1.82) is 0 Å². The van der Waals surface area contributed by atoms with Crippen LogP contribution in [0.1, 0.15) is 31.7 Å². The summed E-state index contributed by atoms with van der Waals surface area (Å²) in [6.07, 6.45) is 0.820. The summed E-state index contributed by atoms with van der Waals surface area (Å²) >= 11 is 7.76. The second kappa shape index (κ2) is 8.69. The molecule has 0 fully saturated rings. The van der Waals surface area contributed by atoms with Gasteiger partial charge in [0.15, 0.2) is 11.5 Å². The summed E-state index contributed by atoms with van der Waals surface area (Å²) < 4.78 is 11.2. The molecule has 26 heavy (non-hydrogen) atoms. The molecule has 4 nitrogen and oxygen atoms in total. The highest BCUT2D eigenvalue weighted by molar-refractivity contribution is 8.00. The molecule has 0 aromatic heterocycles. The van der Waals surface area contributed by atoms with Gasteiger partial charge in [-0.15, -0.1) is 11.8 Å². The number of amides is 1. The molecule has 6 heteroatoms. The van der Waals surface area contributed by atoms with E-state index in [2.05, 4.69) is 31.3 Å². The number of rotatable bonds is 5. The van der Waals surface area contributed by atoms with E-state index in [9.17, 15) is 4.79 Å². The number of halogens is 1. The van der Waals surface area contributed by atoms with Crippen LogP contribution in [-0.2, 0) is 4.79 Å². The number of ether oxygens (including phenoxy) is 2. The van der Waals surface area contributed by atoms with Gasteiger partial charge in [-0.05, 0) is 23.6 Å². The van der Waals surface area contributed by atoms with Gasteiger partial charge in [0.2, 0.25) is 5.91 Å². The first-order valence-electron chi connectivity index (χ1n) is 8.64. The average molecular weight is 392 g/mol. The Morgan fingerprint density at radius 2 is 1.81 bits per heavy atom. The molecule has 0 spiro atoms. The lowest BCUT2D eigenvalue weighted by atomic mass is 10.0. The molecule has 0 saturated carbocycles. The standard InChI is InChI=1S/C20H22ClNO3S/c1-13(2)14-4-6-15(7-5-14)26-12-20(23)22-17-11-19-18(10-16(17)21)24-8-3-9-25-19/h4-7,10-11,13H,3,8-9,12H2,1-2H3,(H,22,23). The first kappa shape index (κ1) is 18.9. The molecule has 1 heterocycles. The molecule has 138 valence electrons. The number of fused-ring (bicyclic) bond motifs is 1. The zero-order valence-corrected chi connectivity index (χ0v) is 16.5. The van der Waals surface area contributed by atoms with Crippen LogP contribution in [0.15, 0.2) is 41.3 Å². The Hall–Kier alpha value is -1.85. The van der Waals surface area contributed by atoms with E-state index in [1.807, 2.05) is 12.1 Å². The van der Waals surface area contributed by atoms with Crippen LogP contribution in [0.5, 0.6) is 11.5 Å².